The predicted octanol–water partition coefficient (Wildman–Crippen LogP) is 3.94. The molecule has 1 saturated heterocycles. The van der Waals surface area contributed by atoms with Gasteiger partial charge in [0.1, 0.15) is 5.82 Å². The predicted molar refractivity (Wildman–Crippen MR) is 152 cm³/mol. The average molecular weight is 566 g/mol. The van der Waals surface area contributed by atoms with E-state index in [0.29, 0.717) is 28.8 Å². The molecule has 3 heterocycles. The van der Waals surface area contributed by atoms with E-state index in [2.05, 4.69) is 22.2 Å². The van der Waals surface area contributed by atoms with Crippen molar-refractivity contribution in [3.05, 3.63) is 36.0 Å². The minimum Gasteiger partial charge on any atom is -0.390 e. The Hall–Kier alpha value is -2.56. The molecule has 40 heavy (non-hydrogen) atoms. The summed E-state index contributed by atoms with van der Waals surface area (Å²) < 4.78 is 26.6. The molecule has 3 saturated carbocycles. The number of nitrogens with zero attached hydrogens (tertiary/aromatic N) is 4. The number of aliphatic hydroxyl groups is 1. The number of fused-ring (bicyclic) bond motifs is 2. The van der Waals surface area contributed by atoms with Crippen LogP contribution in [-0.2, 0) is 20.0 Å². The SMILES string of the molecule is CN1CCC2(CC1)CC(S(=O)(=O)c1ccc(Nc3ncc4c(n3)N(C3CCC[C@@](C)(O)C3)C(=O)C43CC3)cc1)C2. The third kappa shape index (κ3) is 4.25. The lowest BCUT2D eigenvalue weighted by Crippen LogP contribution is -2.50. The minimum atomic E-state index is -3.37. The fourth-order valence-corrected chi connectivity index (χ4v) is 9.72. The first-order chi connectivity index (χ1) is 19.0. The number of aromatic nitrogens is 2. The quantitative estimate of drug-likeness (QED) is 0.560. The summed E-state index contributed by atoms with van der Waals surface area (Å²) in [5.74, 6) is 1.11. The number of hydrogen-bond donors (Lipinski definition) is 2. The van der Waals surface area contributed by atoms with Gasteiger partial charge in [-0.25, -0.2) is 13.4 Å². The second-order valence-electron chi connectivity index (χ2n) is 13.5. The number of carbonyl (C=O) groups excluding carboxylic acids is 1. The van der Waals surface area contributed by atoms with Gasteiger partial charge in [0.15, 0.2) is 9.84 Å². The van der Waals surface area contributed by atoms with Crippen LogP contribution in [-0.4, -0.2) is 71.3 Å². The molecule has 1 unspecified atom stereocenters. The van der Waals surface area contributed by atoms with Crippen LogP contribution in [0.2, 0.25) is 0 Å². The maximum atomic E-state index is 13.6. The molecule has 10 heteroatoms. The molecule has 3 aliphatic carbocycles. The number of piperidine rings is 1. The van der Waals surface area contributed by atoms with E-state index in [0.717, 1.165) is 76.4 Å². The maximum Gasteiger partial charge on any atom is 0.239 e. The zero-order valence-electron chi connectivity index (χ0n) is 23.4. The second kappa shape index (κ2) is 8.97. The summed E-state index contributed by atoms with van der Waals surface area (Å²) in [7, 11) is -1.24. The van der Waals surface area contributed by atoms with Crippen molar-refractivity contribution in [2.45, 2.75) is 98.3 Å². The zero-order chi connectivity index (χ0) is 27.9. The molecule has 1 aromatic heterocycles. The summed E-state index contributed by atoms with van der Waals surface area (Å²) in [6.45, 7) is 3.95. The Morgan fingerprint density at radius 2 is 1.73 bits per heavy atom. The van der Waals surface area contributed by atoms with Crippen molar-refractivity contribution in [2.24, 2.45) is 5.41 Å². The van der Waals surface area contributed by atoms with E-state index < -0.39 is 20.9 Å². The largest absolute Gasteiger partial charge is 0.390 e. The number of hydrogen-bond acceptors (Lipinski definition) is 8. The molecular formula is C30H39N5O4S. The topological polar surface area (TPSA) is 116 Å². The Bertz CT molecular complexity index is 1440. The van der Waals surface area contributed by atoms with Gasteiger partial charge in [0.2, 0.25) is 11.9 Å². The Morgan fingerprint density at radius 1 is 1.02 bits per heavy atom. The summed E-state index contributed by atoms with van der Waals surface area (Å²) in [5.41, 5.74) is 0.500. The van der Waals surface area contributed by atoms with Crippen molar-refractivity contribution in [2.75, 3.05) is 30.4 Å². The van der Waals surface area contributed by atoms with Crippen molar-refractivity contribution < 1.29 is 18.3 Å². The van der Waals surface area contributed by atoms with Gasteiger partial charge in [-0.2, -0.15) is 4.98 Å². The third-order valence-corrected chi connectivity index (χ3v) is 12.6. The van der Waals surface area contributed by atoms with Gasteiger partial charge in [-0.15, -0.1) is 0 Å². The van der Waals surface area contributed by atoms with Gasteiger partial charge in [-0.3, -0.25) is 9.69 Å². The summed E-state index contributed by atoms with van der Waals surface area (Å²) in [5, 5.41) is 13.6. The summed E-state index contributed by atoms with van der Waals surface area (Å²) >= 11 is 0. The molecule has 2 aromatic rings. The van der Waals surface area contributed by atoms with Gasteiger partial charge in [0.05, 0.1) is 21.2 Å². The molecule has 1 aromatic carbocycles. The smallest absolute Gasteiger partial charge is 0.239 e. The number of nitrogens with one attached hydrogen (secondary N) is 1. The molecule has 9 nitrogen and oxygen atoms in total. The highest BCUT2D eigenvalue weighted by Gasteiger charge is 2.61. The molecule has 0 bridgehead atoms. The van der Waals surface area contributed by atoms with Crippen molar-refractivity contribution in [3.63, 3.8) is 0 Å². The molecule has 2 aliphatic heterocycles. The Labute approximate surface area is 236 Å². The number of anilines is 3. The number of sulfone groups is 1. The Balaban J connectivity index is 1.07. The van der Waals surface area contributed by atoms with E-state index in [9.17, 15) is 18.3 Å². The van der Waals surface area contributed by atoms with Crippen LogP contribution in [0.3, 0.4) is 0 Å². The van der Waals surface area contributed by atoms with E-state index in [1.165, 1.54) is 0 Å². The second-order valence-corrected chi connectivity index (χ2v) is 15.7. The number of rotatable bonds is 5. The number of amides is 1. The Morgan fingerprint density at radius 3 is 2.38 bits per heavy atom. The molecule has 4 fully saturated rings. The molecule has 2 atom stereocenters. The monoisotopic (exact) mass is 565 g/mol. The van der Waals surface area contributed by atoms with Gasteiger partial charge >= 0.3 is 0 Å². The number of carbonyl (C=O) groups is 1. The average Bonchev–Trinajstić information content (AvgIpc) is 3.66. The van der Waals surface area contributed by atoms with Gasteiger partial charge in [-0.1, -0.05) is 0 Å². The highest BCUT2D eigenvalue weighted by atomic mass is 32.2. The van der Waals surface area contributed by atoms with Crippen LogP contribution in [0, 0.1) is 5.41 Å². The van der Waals surface area contributed by atoms with Gasteiger partial charge in [-0.05, 0) is 121 Å². The first-order valence-electron chi connectivity index (χ1n) is 14.7. The van der Waals surface area contributed by atoms with E-state index in [1.54, 1.807) is 30.5 Å². The number of likely N-dealkylation sites (tertiary alicyclic amines) is 1. The fraction of sp³-hybridized carbons (Fsp3) is 0.633. The fourth-order valence-electron chi connectivity index (χ4n) is 7.67. The summed E-state index contributed by atoms with van der Waals surface area (Å²) in [6, 6.07) is 6.78. The standard InChI is InChI=1S/C30H39N5O4S/c1-28(37)9-3-4-21(16-28)35-25-24(30(10-11-30)26(35)36)19-31-27(33-25)32-20-5-7-22(8-6-20)40(38,39)23-17-29(18-23)12-14-34(2)15-13-29/h5-8,19,21,23,37H,3-4,9-18H2,1-2H3,(H,31,32,33)/t21?,28-/m1/s1. The maximum absolute atomic E-state index is 13.6. The summed E-state index contributed by atoms with van der Waals surface area (Å²) in [6.07, 6.45) is 10.1. The number of benzene rings is 1. The molecule has 2 N–H and O–H groups in total. The van der Waals surface area contributed by atoms with Crippen molar-refractivity contribution >= 4 is 33.2 Å². The van der Waals surface area contributed by atoms with Gasteiger partial charge in [0.25, 0.3) is 0 Å². The lowest BCUT2D eigenvalue weighted by Gasteiger charge is -2.51. The highest BCUT2D eigenvalue weighted by Crippen LogP contribution is 2.58. The first-order valence-corrected chi connectivity index (χ1v) is 16.3. The lowest BCUT2D eigenvalue weighted by molar-refractivity contribution is -0.121. The lowest BCUT2D eigenvalue weighted by atomic mass is 9.63. The van der Waals surface area contributed by atoms with Crippen LogP contribution in [0.1, 0.15) is 76.7 Å². The van der Waals surface area contributed by atoms with E-state index in [1.807, 2.05) is 11.8 Å². The van der Waals surface area contributed by atoms with E-state index >= 15 is 0 Å². The van der Waals surface area contributed by atoms with Crippen LogP contribution in [0.15, 0.2) is 35.4 Å². The molecule has 7 rings (SSSR count). The first kappa shape index (κ1) is 26.3. The van der Waals surface area contributed by atoms with E-state index in [-0.39, 0.29) is 22.6 Å². The molecule has 2 spiro atoms. The molecule has 0 radical (unpaired) electrons. The highest BCUT2D eigenvalue weighted by molar-refractivity contribution is 7.92. The van der Waals surface area contributed by atoms with Crippen LogP contribution >= 0.6 is 0 Å². The van der Waals surface area contributed by atoms with Gasteiger partial charge < -0.3 is 15.3 Å². The molecule has 214 valence electrons. The van der Waals surface area contributed by atoms with Crippen molar-refractivity contribution in [3.8, 4) is 0 Å². The molecule has 5 aliphatic rings. The van der Waals surface area contributed by atoms with Gasteiger partial charge in [0, 0.05) is 23.5 Å². The zero-order valence-corrected chi connectivity index (χ0v) is 24.2. The molecule has 1 amide bonds. The van der Waals surface area contributed by atoms with Crippen molar-refractivity contribution in [1.82, 2.24) is 14.9 Å². The Kier molecular flexibility index (Phi) is 5.91. The van der Waals surface area contributed by atoms with Crippen LogP contribution < -0.4 is 10.2 Å². The van der Waals surface area contributed by atoms with Crippen LogP contribution in [0.25, 0.3) is 0 Å². The normalized spacial score (nSPS) is 29.4. The van der Waals surface area contributed by atoms with E-state index in [4.69, 9.17) is 4.98 Å². The van der Waals surface area contributed by atoms with Crippen LogP contribution in [0.5, 0.6) is 0 Å². The molecular weight excluding hydrogens is 526 g/mol. The summed E-state index contributed by atoms with van der Waals surface area (Å²) in [4.78, 5) is 27.4. The van der Waals surface area contributed by atoms with Crippen LogP contribution in [0.4, 0.5) is 17.5 Å². The third-order valence-electron chi connectivity index (χ3n) is 10.4. The van der Waals surface area contributed by atoms with Crippen molar-refractivity contribution in [1.29, 1.82) is 0 Å². The minimum absolute atomic E-state index is 0.0811.